The lowest BCUT2D eigenvalue weighted by Gasteiger charge is -2.23. The molecule has 1 aliphatic rings. The number of halogens is 3. The first-order valence-electron chi connectivity index (χ1n) is 6.92. The van der Waals surface area contributed by atoms with Gasteiger partial charge in [0.05, 0.1) is 16.3 Å². The van der Waals surface area contributed by atoms with Crippen LogP contribution >= 0.6 is 11.6 Å². The van der Waals surface area contributed by atoms with Gasteiger partial charge in [-0.1, -0.05) is 11.6 Å². The van der Waals surface area contributed by atoms with Crippen molar-refractivity contribution in [3.8, 4) is 5.75 Å². The third-order valence-corrected chi connectivity index (χ3v) is 3.74. The normalized spacial score (nSPS) is 16.0. The van der Waals surface area contributed by atoms with Crippen molar-refractivity contribution in [1.29, 1.82) is 0 Å². The number of fused-ring (bicyclic) bond motifs is 1. The maximum absolute atomic E-state index is 13.3. The van der Waals surface area contributed by atoms with Gasteiger partial charge in [0, 0.05) is 5.69 Å². The van der Waals surface area contributed by atoms with Gasteiger partial charge < -0.3 is 15.4 Å². The maximum Gasteiger partial charge on any atom is 0.265 e. The molecule has 1 aliphatic heterocycles. The van der Waals surface area contributed by atoms with Gasteiger partial charge in [0.1, 0.15) is 5.75 Å². The van der Waals surface area contributed by atoms with Gasteiger partial charge in [-0.05, 0) is 37.3 Å². The Hall–Kier alpha value is -2.67. The van der Waals surface area contributed by atoms with Crippen LogP contribution in [0.2, 0.25) is 5.02 Å². The highest BCUT2D eigenvalue weighted by molar-refractivity contribution is 6.34. The van der Waals surface area contributed by atoms with Crippen molar-refractivity contribution in [3.05, 3.63) is 52.6 Å². The molecule has 1 unspecified atom stereocenters. The minimum Gasteiger partial charge on any atom is -0.479 e. The van der Waals surface area contributed by atoms with Crippen LogP contribution in [0.4, 0.5) is 20.2 Å². The molecule has 2 N–H and O–H groups in total. The molecule has 0 spiro atoms. The van der Waals surface area contributed by atoms with Crippen molar-refractivity contribution in [2.45, 2.75) is 13.0 Å². The van der Waals surface area contributed by atoms with Crippen LogP contribution < -0.4 is 15.4 Å². The fourth-order valence-corrected chi connectivity index (χ4v) is 2.42. The first-order chi connectivity index (χ1) is 11.3. The topological polar surface area (TPSA) is 67.4 Å². The molecule has 124 valence electrons. The van der Waals surface area contributed by atoms with E-state index in [1.165, 1.54) is 6.07 Å². The fraction of sp³-hybridized carbons (Fsp3) is 0.125. The minimum atomic E-state index is -1.18. The van der Waals surface area contributed by atoms with Crippen molar-refractivity contribution in [1.82, 2.24) is 0 Å². The lowest BCUT2D eigenvalue weighted by molar-refractivity contribution is -0.122. The molecule has 2 aromatic rings. The average Bonchev–Trinajstić information content (AvgIpc) is 2.52. The van der Waals surface area contributed by atoms with E-state index in [0.29, 0.717) is 17.1 Å². The number of hydrogen-bond acceptors (Lipinski definition) is 3. The highest BCUT2D eigenvalue weighted by atomic mass is 35.5. The molecule has 2 aromatic carbocycles. The summed E-state index contributed by atoms with van der Waals surface area (Å²) in [6.07, 6.45) is -0.612. The van der Waals surface area contributed by atoms with Crippen molar-refractivity contribution < 1.29 is 23.1 Å². The van der Waals surface area contributed by atoms with Gasteiger partial charge in [-0.15, -0.1) is 0 Å². The average molecular weight is 353 g/mol. The Kier molecular flexibility index (Phi) is 4.11. The zero-order chi connectivity index (χ0) is 17.4. The number of anilines is 2. The van der Waals surface area contributed by atoms with Crippen molar-refractivity contribution in [2.75, 3.05) is 10.6 Å². The lowest BCUT2D eigenvalue weighted by Crippen LogP contribution is -2.34. The fourth-order valence-electron chi connectivity index (χ4n) is 2.18. The van der Waals surface area contributed by atoms with Crippen LogP contribution in [0, 0.1) is 11.6 Å². The summed E-state index contributed by atoms with van der Waals surface area (Å²) in [5, 5.41) is 4.93. The Morgan fingerprint density at radius 1 is 1.25 bits per heavy atom. The highest BCUT2D eigenvalue weighted by Crippen LogP contribution is 2.32. The first-order valence-corrected chi connectivity index (χ1v) is 7.30. The second-order valence-corrected chi connectivity index (χ2v) is 5.57. The van der Waals surface area contributed by atoms with E-state index in [0.717, 1.165) is 12.1 Å². The number of hydrogen-bond donors (Lipinski definition) is 2. The van der Waals surface area contributed by atoms with Crippen LogP contribution in [-0.4, -0.2) is 17.9 Å². The second kappa shape index (κ2) is 6.09. The zero-order valence-electron chi connectivity index (χ0n) is 12.3. The van der Waals surface area contributed by atoms with Gasteiger partial charge in [0.25, 0.3) is 11.8 Å². The largest absolute Gasteiger partial charge is 0.479 e. The van der Waals surface area contributed by atoms with E-state index in [1.807, 2.05) is 0 Å². The summed E-state index contributed by atoms with van der Waals surface area (Å²) in [6, 6.07) is 6.07. The van der Waals surface area contributed by atoms with E-state index >= 15 is 0 Å². The van der Waals surface area contributed by atoms with Crippen LogP contribution in [0.1, 0.15) is 17.3 Å². The van der Waals surface area contributed by atoms with Gasteiger partial charge in [-0.3, -0.25) is 9.59 Å². The molecule has 3 rings (SSSR count). The molecule has 0 saturated carbocycles. The Balaban J connectivity index is 1.84. The summed E-state index contributed by atoms with van der Waals surface area (Å²) in [7, 11) is 0. The summed E-state index contributed by atoms with van der Waals surface area (Å²) in [5.41, 5.74) is 0.521. The number of ether oxygens (including phenoxy) is 1. The van der Waals surface area contributed by atoms with Crippen molar-refractivity contribution in [3.63, 3.8) is 0 Å². The van der Waals surface area contributed by atoms with E-state index in [2.05, 4.69) is 10.6 Å². The Morgan fingerprint density at radius 2 is 1.96 bits per heavy atom. The molecule has 0 bridgehead atoms. The number of nitrogens with one attached hydrogen (secondary N) is 2. The smallest absolute Gasteiger partial charge is 0.265 e. The number of carbonyl (C=O) groups excluding carboxylic acids is 2. The Labute approximate surface area is 140 Å². The molecule has 8 heteroatoms. The molecule has 1 heterocycles. The van der Waals surface area contributed by atoms with Gasteiger partial charge in [0.15, 0.2) is 17.7 Å². The molecular weight excluding hydrogens is 342 g/mol. The van der Waals surface area contributed by atoms with Crippen LogP contribution in [0.15, 0.2) is 30.3 Å². The Bertz CT molecular complexity index is 857. The molecule has 5 nitrogen and oxygen atoms in total. The summed E-state index contributed by atoms with van der Waals surface area (Å²) >= 11 is 5.77. The summed E-state index contributed by atoms with van der Waals surface area (Å²) in [5.74, 6) is -2.88. The lowest BCUT2D eigenvalue weighted by atomic mass is 10.1. The third kappa shape index (κ3) is 3.03. The summed E-state index contributed by atoms with van der Waals surface area (Å²) in [6.45, 7) is 1.61. The standard InChI is InChI=1S/C16H11ClF2N2O3/c1-7-15(22)21-13-4-8(2-3-14(13)24-7)20-16(23)9-5-11(18)12(19)6-10(9)17/h2-7H,1H3,(H,20,23)(H,21,22). The molecule has 1 atom stereocenters. The highest BCUT2D eigenvalue weighted by Gasteiger charge is 2.24. The number of carbonyl (C=O) groups is 2. The summed E-state index contributed by atoms with van der Waals surface area (Å²) < 4.78 is 31.7. The summed E-state index contributed by atoms with van der Waals surface area (Å²) in [4.78, 5) is 23.8. The van der Waals surface area contributed by atoms with E-state index in [9.17, 15) is 18.4 Å². The van der Waals surface area contributed by atoms with Gasteiger partial charge in [-0.2, -0.15) is 0 Å². The monoisotopic (exact) mass is 352 g/mol. The van der Waals surface area contributed by atoms with Crippen LogP contribution in [-0.2, 0) is 4.79 Å². The van der Waals surface area contributed by atoms with Gasteiger partial charge in [-0.25, -0.2) is 8.78 Å². The second-order valence-electron chi connectivity index (χ2n) is 5.16. The molecule has 2 amide bonds. The number of benzene rings is 2. The number of amides is 2. The first kappa shape index (κ1) is 16.2. The van der Waals surface area contributed by atoms with Crippen molar-refractivity contribution in [2.24, 2.45) is 0 Å². The molecule has 0 aromatic heterocycles. The predicted octanol–water partition coefficient (Wildman–Crippen LogP) is 3.59. The van der Waals surface area contributed by atoms with E-state index in [-0.39, 0.29) is 16.5 Å². The third-order valence-electron chi connectivity index (χ3n) is 3.42. The van der Waals surface area contributed by atoms with Crippen molar-refractivity contribution >= 4 is 34.8 Å². The van der Waals surface area contributed by atoms with E-state index in [1.54, 1.807) is 19.1 Å². The molecule has 24 heavy (non-hydrogen) atoms. The molecule has 0 aliphatic carbocycles. The number of rotatable bonds is 2. The van der Waals surface area contributed by atoms with Crippen LogP contribution in [0.5, 0.6) is 5.75 Å². The quantitative estimate of drug-likeness (QED) is 0.812. The SMILES string of the molecule is CC1Oc2ccc(NC(=O)c3cc(F)c(F)cc3Cl)cc2NC1=O. The predicted molar refractivity (Wildman–Crippen MR) is 84.5 cm³/mol. The minimum absolute atomic E-state index is 0.206. The molecule has 0 radical (unpaired) electrons. The maximum atomic E-state index is 13.3. The molecule has 0 fully saturated rings. The zero-order valence-corrected chi connectivity index (χ0v) is 13.1. The Morgan fingerprint density at radius 3 is 2.71 bits per heavy atom. The van der Waals surface area contributed by atoms with E-state index in [4.69, 9.17) is 16.3 Å². The van der Waals surface area contributed by atoms with Gasteiger partial charge in [0.2, 0.25) is 0 Å². The van der Waals surface area contributed by atoms with Gasteiger partial charge >= 0.3 is 0 Å². The molecular formula is C16H11ClF2N2O3. The van der Waals surface area contributed by atoms with Crippen LogP contribution in [0.3, 0.4) is 0 Å². The van der Waals surface area contributed by atoms with E-state index < -0.39 is 23.6 Å². The molecule has 0 saturated heterocycles. The van der Waals surface area contributed by atoms with Crippen LogP contribution in [0.25, 0.3) is 0 Å².